The molecule has 0 fully saturated rings. The molecular weight excluding hydrogens is 157 g/mol. The van der Waals surface area contributed by atoms with Crippen LogP contribution in [0, 0.1) is 11.8 Å². The first-order valence-electron chi connectivity index (χ1n) is 5.48. The zero-order chi connectivity index (χ0) is 10.3. The predicted molar refractivity (Wildman–Crippen MR) is 61.3 cm³/mol. The highest BCUT2D eigenvalue weighted by Crippen LogP contribution is 2.10. The Kier molecular flexibility index (Phi) is 7.45. The lowest BCUT2D eigenvalue weighted by Gasteiger charge is -2.14. The second-order valence-corrected chi connectivity index (χ2v) is 4.71. The summed E-state index contributed by atoms with van der Waals surface area (Å²) >= 11 is 0. The van der Waals surface area contributed by atoms with E-state index in [-0.39, 0.29) is 5.82 Å². The van der Waals surface area contributed by atoms with E-state index in [1.54, 1.807) is 0 Å². The molecule has 0 aromatic carbocycles. The van der Waals surface area contributed by atoms with Crippen molar-refractivity contribution >= 4 is 7.85 Å². The molecule has 0 saturated carbocycles. The van der Waals surface area contributed by atoms with E-state index in [1.807, 2.05) is 6.92 Å². The quantitative estimate of drug-likeness (QED) is 0.595. The molecular formula is C11H24BN. The average Bonchev–Trinajstić information content (AvgIpc) is 2.00. The Bertz CT molecular complexity index is 113. The molecule has 2 unspecified atom stereocenters. The molecule has 0 aliphatic rings. The normalized spacial score (nSPS) is 16.1. The van der Waals surface area contributed by atoms with Crippen molar-refractivity contribution in [3.8, 4) is 0 Å². The molecule has 0 saturated heterocycles. The van der Waals surface area contributed by atoms with E-state index in [2.05, 4.69) is 26.1 Å². The number of rotatable bonds is 7. The lowest BCUT2D eigenvalue weighted by atomic mass is 9.89. The van der Waals surface area contributed by atoms with Gasteiger partial charge >= 0.3 is 0 Å². The summed E-state index contributed by atoms with van der Waals surface area (Å²) in [5.74, 6) is 1.88. The average molecular weight is 181 g/mol. The molecule has 2 heteroatoms. The Labute approximate surface area is 85.1 Å². The molecule has 0 bridgehead atoms. The van der Waals surface area contributed by atoms with Gasteiger partial charge in [0.2, 0.25) is 0 Å². The molecule has 13 heavy (non-hydrogen) atoms. The van der Waals surface area contributed by atoms with Crippen LogP contribution >= 0.6 is 0 Å². The molecule has 0 aliphatic heterocycles. The summed E-state index contributed by atoms with van der Waals surface area (Å²) in [6.07, 6.45) is 2.66. The fraction of sp³-hybridized carbons (Fsp3) is 1.00. The lowest BCUT2D eigenvalue weighted by Crippen LogP contribution is -2.24. The van der Waals surface area contributed by atoms with Crippen LogP contribution in [0.5, 0.6) is 0 Å². The van der Waals surface area contributed by atoms with Gasteiger partial charge in [-0.15, -0.1) is 0 Å². The van der Waals surface area contributed by atoms with E-state index < -0.39 is 0 Å². The molecule has 0 amide bonds. The molecule has 0 rings (SSSR count). The van der Waals surface area contributed by atoms with Gasteiger partial charge in [0.25, 0.3) is 0 Å². The summed E-state index contributed by atoms with van der Waals surface area (Å²) in [5, 5.41) is 3.38. The highest BCUT2D eigenvalue weighted by atomic mass is 14.9. The van der Waals surface area contributed by atoms with Gasteiger partial charge in [-0.3, -0.25) is 0 Å². The molecule has 0 spiro atoms. The second kappa shape index (κ2) is 7.43. The van der Waals surface area contributed by atoms with Crippen LogP contribution in [0.3, 0.4) is 0 Å². The van der Waals surface area contributed by atoms with Crippen molar-refractivity contribution in [1.29, 1.82) is 0 Å². The predicted octanol–water partition coefficient (Wildman–Crippen LogP) is 2.63. The fourth-order valence-electron chi connectivity index (χ4n) is 1.28. The van der Waals surface area contributed by atoms with Crippen LogP contribution in [0.1, 0.15) is 40.5 Å². The largest absolute Gasteiger partial charge is 0.317 e. The smallest absolute Gasteiger partial charge is 0.0713 e. The van der Waals surface area contributed by atoms with E-state index in [0.29, 0.717) is 0 Å². The van der Waals surface area contributed by atoms with Crippen LogP contribution in [-0.2, 0) is 0 Å². The minimum absolute atomic E-state index is 0.275. The summed E-state index contributed by atoms with van der Waals surface area (Å²) in [6.45, 7) is 10.9. The Morgan fingerprint density at radius 1 is 1.00 bits per heavy atom. The maximum atomic E-state index is 5.64. The summed E-state index contributed by atoms with van der Waals surface area (Å²) in [4.78, 5) is 0. The Hall–Kier alpha value is 0.0249. The molecule has 76 valence electrons. The van der Waals surface area contributed by atoms with E-state index in [4.69, 9.17) is 7.85 Å². The topological polar surface area (TPSA) is 12.0 Å². The third kappa shape index (κ3) is 9.94. The van der Waals surface area contributed by atoms with Crippen molar-refractivity contribution in [2.45, 2.75) is 46.4 Å². The van der Waals surface area contributed by atoms with E-state index in [1.165, 1.54) is 12.8 Å². The van der Waals surface area contributed by atoms with Gasteiger partial charge in [-0.05, 0) is 31.3 Å². The minimum atomic E-state index is 0.275. The van der Waals surface area contributed by atoms with Gasteiger partial charge in [0.05, 0.1) is 7.85 Å². The number of nitrogens with one attached hydrogen (secondary N) is 1. The van der Waals surface area contributed by atoms with Crippen LogP contribution in [0.4, 0.5) is 0 Å². The molecule has 2 atom stereocenters. The standard InChI is InChI=1S/C11H24BN/c1-9(2)5-6-10(3)7-13-8-11(4)12/h9-11,13H,5-8H2,1-4H3. The van der Waals surface area contributed by atoms with Crippen LogP contribution in [0.25, 0.3) is 0 Å². The van der Waals surface area contributed by atoms with Gasteiger partial charge in [-0.2, -0.15) is 0 Å². The number of hydrogen-bond acceptors (Lipinski definition) is 1. The molecule has 0 aromatic heterocycles. The first-order valence-corrected chi connectivity index (χ1v) is 5.48. The van der Waals surface area contributed by atoms with Crippen molar-refractivity contribution in [2.24, 2.45) is 11.8 Å². The zero-order valence-corrected chi connectivity index (χ0v) is 9.64. The summed E-state index contributed by atoms with van der Waals surface area (Å²) in [6, 6.07) is 0. The summed E-state index contributed by atoms with van der Waals surface area (Å²) in [7, 11) is 5.64. The van der Waals surface area contributed by atoms with Gasteiger partial charge in [0, 0.05) is 0 Å². The van der Waals surface area contributed by atoms with Crippen molar-refractivity contribution in [3.63, 3.8) is 0 Å². The summed E-state index contributed by atoms with van der Waals surface area (Å²) in [5.41, 5.74) is 0. The SMILES string of the molecule is [B]C(C)CNCC(C)CCC(C)C. The van der Waals surface area contributed by atoms with E-state index in [9.17, 15) is 0 Å². The zero-order valence-electron chi connectivity index (χ0n) is 9.64. The van der Waals surface area contributed by atoms with Crippen molar-refractivity contribution in [1.82, 2.24) is 5.32 Å². The molecule has 0 aromatic rings. The van der Waals surface area contributed by atoms with Gasteiger partial charge in [0.1, 0.15) is 0 Å². The van der Waals surface area contributed by atoms with Crippen LogP contribution in [0.15, 0.2) is 0 Å². The van der Waals surface area contributed by atoms with Crippen LogP contribution in [-0.4, -0.2) is 20.9 Å². The third-order valence-electron chi connectivity index (χ3n) is 2.20. The number of hydrogen-bond donors (Lipinski definition) is 1. The maximum absolute atomic E-state index is 5.64. The Morgan fingerprint density at radius 2 is 1.62 bits per heavy atom. The minimum Gasteiger partial charge on any atom is -0.317 e. The van der Waals surface area contributed by atoms with E-state index >= 15 is 0 Å². The Balaban J connectivity index is 3.25. The second-order valence-electron chi connectivity index (χ2n) is 4.71. The van der Waals surface area contributed by atoms with Crippen molar-refractivity contribution in [3.05, 3.63) is 0 Å². The van der Waals surface area contributed by atoms with Crippen molar-refractivity contribution < 1.29 is 0 Å². The Morgan fingerprint density at radius 3 is 2.08 bits per heavy atom. The molecule has 0 aliphatic carbocycles. The van der Waals surface area contributed by atoms with Crippen LogP contribution < -0.4 is 5.32 Å². The monoisotopic (exact) mass is 181 g/mol. The van der Waals surface area contributed by atoms with Gasteiger partial charge < -0.3 is 5.32 Å². The van der Waals surface area contributed by atoms with Gasteiger partial charge in [0.15, 0.2) is 0 Å². The van der Waals surface area contributed by atoms with Gasteiger partial charge in [-0.25, -0.2) is 0 Å². The molecule has 2 radical (unpaired) electrons. The lowest BCUT2D eigenvalue weighted by molar-refractivity contribution is 0.427. The third-order valence-corrected chi connectivity index (χ3v) is 2.20. The molecule has 1 N–H and O–H groups in total. The van der Waals surface area contributed by atoms with Crippen LogP contribution in [0.2, 0.25) is 5.82 Å². The summed E-state index contributed by atoms with van der Waals surface area (Å²) < 4.78 is 0. The molecule has 1 nitrogen and oxygen atoms in total. The van der Waals surface area contributed by atoms with Crippen molar-refractivity contribution in [2.75, 3.05) is 13.1 Å². The molecule has 0 heterocycles. The highest BCUT2D eigenvalue weighted by Gasteiger charge is 2.03. The highest BCUT2D eigenvalue weighted by molar-refractivity contribution is 6.11. The van der Waals surface area contributed by atoms with Gasteiger partial charge in [-0.1, -0.05) is 39.9 Å². The first kappa shape index (κ1) is 13.0. The van der Waals surface area contributed by atoms with E-state index in [0.717, 1.165) is 24.9 Å². The first-order chi connectivity index (χ1) is 6.02. The maximum Gasteiger partial charge on any atom is 0.0713 e. The fourth-order valence-corrected chi connectivity index (χ4v) is 1.28.